The molecule has 1 amide bonds. The standard InChI is InChI=1S/C21H23N3O2S.H2O/c1-5-7-18(25)24-21(27)23-16-9-6-8-15(14(16)4)20-22-17-11-12(2)10-13(3)19(17)26-20;/h6,8-11H,5,7H2,1-4H3,(H2,23,24,25,27);1H2. The Kier molecular flexibility index (Phi) is 6.88. The summed E-state index contributed by atoms with van der Waals surface area (Å²) >= 11 is 5.25. The van der Waals surface area contributed by atoms with E-state index in [9.17, 15) is 4.79 Å². The van der Waals surface area contributed by atoms with Crippen LogP contribution in [0.15, 0.2) is 34.7 Å². The number of aryl methyl sites for hydroxylation is 2. The van der Waals surface area contributed by atoms with Crippen LogP contribution >= 0.6 is 12.2 Å². The number of nitrogens with zero attached hydrogens (tertiary/aromatic N) is 1. The molecule has 6 nitrogen and oxygen atoms in total. The van der Waals surface area contributed by atoms with Crippen molar-refractivity contribution in [3.63, 3.8) is 0 Å². The van der Waals surface area contributed by atoms with E-state index in [1.165, 1.54) is 0 Å². The molecule has 0 radical (unpaired) electrons. The van der Waals surface area contributed by atoms with Gasteiger partial charge >= 0.3 is 0 Å². The summed E-state index contributed by atoms with van der Waals surface area (Å²) in [5, 5.41) is 6.08. The van der Waals surface area contributed by atoms with Crippen LogP contribution in [0.1, 0.15) is 36.5 Å². The number of oxazole rings is 1. The van der Waals surface area contributed by atoms with Crippen molar-refractivity contribution in [1.29, 1.82) is 0 Å². The fraction of sp³-hybridized carbons (Fsp3) is 0.286. The van der Waals surface area contributed by atoms with Gasteiger partial charge in [0.05, 0.1) is 0 Å². The molecule has 1 aromatic heterocycles. The summed E-state index contributed by atoms with van der Waals surface area (Å²) in [4.78, 5) is 16.4. The van der Waals surface area contributed by atoms with E-state index < -0.39 is 0 Å². The highest BCUT2D eigenvalue weighted by molar-refractivity contribution is 7.80. The molecular formula is C21H25N3O3S. The molecule has 0 spiro atoms. The average Bonchev–Trinajstić information content (AvgIpc) is 3.01. The number of fused-ring (bicyclic) bond motifs is 1. The average molecular weight is 400 g/mol. The maximum Gasteiger partial charge on any atom is 0.227 e. The Morgan fingerprint density at radius 1 is 1.21 bits per heavy atom. The highest BCUT2D eigenvalue weighted by Crippen LogP contribution is 2.32. The van der Waals surface area contributed by atoms with Crippen LogP contribution in [0.25, 0.3) is 22.6 Å². The maximum absolute atomic E-state index is 11.7. The number of thiocarbonyl (C=S) groups is 1. The van der Waals surface area contributed by atoms with Crippen LogP contribution in [-0.4, -0.2) is 21.5 Å². The van der Waals surface area contributed by atoms with E-state index in [1.807, 2.05) is 52.0 Å². The van der Waals surface area contributed by atoms with Gasteiger partial charge in [-0.25, -0.2) is 4.98 Å². The van der Waals surface area contributed by atoms with Gasteiger partial charge in [0.2, 0.25) is 11.8 Å². The normalized spacial score (nSPS) is 10.4. The third kappa shape index (κ3) is 4.55. The fourth-order valence-corrected chi connectivity index (χ4v) is 3.29. The van der Waals surface area contributed by atoms with Crippen molar-refractivity contribution in [2.75, 3.05) is 5.32 Å². The van der Waals surface area contributed by atoms with Gasteiger partial charge in [-0.3, -0.25) is 4.79 Å². The number of rotatable bonds is 4. The molecule has 0 saturated carbocycles. The number of benzene rings is 2. The molecule has 0 saturated heterocycles. The van der Waals surface area contributed by atoms with Crippen molar-refractivity contribution in [2.45, 2.75) is 40.5 Å². The SMILES string of the molecule is CCCC(=O)NC(=S)Nc1cccc(-c2nc3cc(C)cc(C)c3o2)c1C.O. The number of nitrogens with one attached hydrogen (secondary N) is 2. The van der Waals surface area contributed by atoms with Gasteiger partial charge in [-0.2, -0.15) is 0 Å². The molecule has 2 aromatic carbocycles. The first-order valence-electron chi connectivity index (χ1n) is 8.97. The van der Waals surface area contributed by atoms with Crippen molar-refractivity contribution >= 4 is 40.0 Å². The zero-order valence-corrected chi connectivity index (χ0v) is 17.3. The lowest BCUT2D eigenvalue weighted by Crippen LogP contribution is -2.34. The van der Waals surface area contributed by atoms with Crippen LogP contribution in [0.4, 0.5) is 5.69 Å². The molecule has 3 rings (SSSR count). The Balaban J connectivity index is 0.00000280. The molecule has 28 heavy (non-hydrogen) atoms. The summed E-state index contributed by atoms with van der Waals surface area (Å²) in [6.07, 6.45) is 1.22. The topological polar surface area (TPSA) is 98.7 Å². The summed E-state index contributed by atoms with van der Waals surface area (Å²) in [7, 11) is 0. The Labute approximate surface area is 169 Å². The van der Waals surface area contributed by atoms with Gasteiger partial charge < -0.3 is 20.5 Å². The van der Waals surface area contributed by atoms with Crippen LogP contribution in [0.5, 0.6) is 0 Å². The highest BCUT2D eigenvalue weighted by atomic mass is 32.1. The zero-order valence-electron chi connectivity index (χ0n) is 16.5. The first-order chi connectivity index (χ1) is 12.9. The minimum Gasteiger partial charge on any atom is -0.436 e. The van der Waals surface area contributed by atoms with E-state index >= 15 is 0 Å². The minimum absolute atomic E-state index is 0. The van der Waals surface area contributed by atoms with Crippen LogP contribution in [0.3, 0.4) is 0 Å². The van der Waals surface area contributed by atoms with Crippen molar-refractivity contribution in [3.05, 3.63) is 47.0 Å². The Hall–Kier alpha value is -2.77. The Morgan fingerprint density at radius 3 is 2.68 bits per heavy atom. The number of carbonyl (C=O) groups is 1. The van der Waals surface area contributed by atoms with Gasteiger partial charge in [-0.15, -0.1) is 0 Å². The van der Waals surface area contributed by atoms with Gasteiger partial charge in [-0.05, 0) is 74.3 Å². The lowest BCUT2D eigenvalue weighted by molar-refractivity contribution is -0.119. The largest absolute Gasteiger partial charge is 0.436 e. The molecule has 1 heterocycles. The Bertz CT molecular complexity index is 1030. The first kappa shape index (κ1) is 21.5. The van der Waals surface area contributed by atoms with Gasteiger partial charge in [0.1, 0.15) is 5.52 Å². The molecule has 4 N–H and O–H groups in total. The summed E-state index contributed by atoms with van der Waals surface area (Å²) < 4.78 is 6.04. The molecule has 148 valence electrons. The van der Waals surface area contributed by atoms with E-state index in [4.69, 9.17) is 16.6 Å². The van der Waals surface area contributed by atoms with Crippen molar-refractivity contribution in [3.8, 4) is 11.5 Å². The number of hydrogen-bond acceptors (Lipinski definition) is 4. The minimum atomic E-state index is -0.0893. The predicted molar refractivity (Wildman–Crippen MR) is 117 cm³/mol. The molecule has 0 bridgehead atoms. The monoisotopic (exact) mass is 399 g/mol. The number of hydrogen-bond donors (Lipinski definition) is 2. The maximum atomic E-state index is 11.7. The fourth-order valence-electron chi connectivity index (χ4n) is 3.06. The van der Waals surface area contributed by atoms with Crippen LogP contribution in [0, 0.1) is 20.8 Å². The molecule has 3 aromatic rings. The molecule has 7 heteroatoms. The van der Waals surface area contributed by atoms with Crippen molar-refractivity contribution in [1.82, 2.24) is 10.3 Å². The summed E-state index contributed by atoms with van der Waals surface area (Å²) in [5.41, 5.74) is 6.51. The predicted octanol–water partition coefficient (Wildman–Crippen LogP) is 4.21. The van der Waals surface area contributed by atoms with E-state index in [2.05, 4.69) is 21.7 Å². The van der Waals surface area contributed by atoms with E-state index in [0.717, 1.165) is 45.5 Å². The summed E-state index contributed by atoms with van der Waals surface area (Å²) in [6, 6.07) is 9.89. The quantitative estimate of drug-likeness (QED) is 0.640. The summed E-state index contributed by atoms with van der Waals surface area (Å²) in [5.74, 6) is 0.481. The number of anilines is 1. The molecule has 0 fully saturated rings. The number of carbonyl (C=O) groups excluding carboxylic acids is 1. The molecule has 0 aliphatic rings. The van der Waals surface area contributed by atoms with Gasteiger partial charge in [0, 0.05) is 17.7 Å². The third-order valence-electron chi connectivity index (χ3n) is 4.36. The van der Waals surface area contributed by atoms with E-state index in [0.29, 0.717) is 12.3 Å². The lowest BCUT2D eigenvalue weighted by atomic mass is 10.1. The molecule has 0 aliphatic carbocycles. The number of aromatic nitrogens is 1. The smallest absolute Gasteiger partial charge is 0.227 e. The number of amides is 1. The second kappa shape index (κ2) is 8.95. The zero-order chi connectivity index (χ0) is 19.6. The van der Waals surface area contributed by atoms with Crippen LogP contribution < -0.4 is 10.6 Å². The van der Waals surface area contributed by atoms with Crippen molar-refractivity contribution in [2.24, 2.45) is 0 Å². The second-order valence-electron chi connectivity index (χ2n) is 6.68. The molecule has 0 aliphatic heterocycles. The highest BCUT2D eigenvalue weighted by Gasteiger charge is 2.15. The molecular weight excluding hydrogens is 374 g/mol. The lowest BCUT2D eigenvalue weighted by Gasteiger charge is -2.13. The van der Waals surface area contributed by atoms with E-state index in [-0.39, 0.29) is 16.5 Å². The van der Waals surface area contributed by atoms with Crippen molar-refractivity contribution < 1.29 is 14.7 Å². The van der Waals surface area contributed by atoms with Gasteiger partial charge in [0.25, 0.3) is 0 Å². The van der Waals surface area contributed by atoms with Crippen LogP contribution in [0.2, 0.25) is 0 Å². The van der Waals surface area contributed by atoms with Crippen LogP contribution in [-0.2, 0) is 4.79 Å². The Morgan fingerprint density at radius 2 is 1.96 bits per heavy atom. The molecule has 0 atom stereocenters. The first-order valence-corrected chi connectivity index (χ1v) is 9.38. The second-order valence-corrected chi connectivity index (χ2v) is 7.09. The summed E-state index contributed by atoms with van der Waals surface area (Å²) in [6.45, 7) is 7.99. The van der Waals surface area contributed by atoms with Gasteiger partial charge in [-0.1, -0.05) is 19.1 Å². The third-order valence-corrected chi connectivity index (χ3v) is 4.57. The molecule has 0 unspecified atom stereocenters. The van der Waals surface area contributed by atoms with E-state index in [1.54, 1.807) is 0 Å². The van der Waals surface area contributed by atoms with Gasteiger partial charge in [0.15, 0.2) is 10.7 Å².